The van der Waals surface area contributed by atoms with E-state index in [-0.39, 0.29) is 11.8 Å². The number of hydrogen-bond acceptors (Lipinski definition) is 3. The summed E-state index contributed by atoms with van der Waals surface area (Å²) in [5.74, 6) is 0.661. The monoisotopic (exact) mass is 379 g/mol. The van der Waals surface area contributed by atoms with Crippen molar-refractivity contribution in [2.24, 2.45) is 0 Å². The Morgan fingerprint density at radius 2 is 2.07 bits per heavy atom. The Morgan fingerprint density at radius 3 is 2.83 bits per heavy atom. The molecule has 1 atom stereocenters. The molecule has 4 rings (SSSR count). The highest BCUT2D eigenvalue weighted by molar-refractivity contribution is 5.64. The van der Waals surface area contributed by atoms with E-state index in [4.69, 9.17) is 11.3 Å². The highest BCUT2D eigenvalue weighted by Gasteiger charge is 2.22. The van der Waals surface area contributed by atoms with Crippen LogP contribution in [0.3, 0.4) is 0 Å². The Bertz CT molecular complexity index is 1080. The summed E-state index contributed by atoms with van der Waals surface area (Å²) in [6.07, 6.45) is 7.13. The molecule has 0 amide bonds. The molecular formula is C25H21N3O. The normalized spacial score (nSPS) is 19.8. The number of anilines is 1. The van der Waals surface area contributed by atoms with Gasteiger partial charge in [0.1, 0.15) is 11.9 Å². The van der Waals surface area contributed by atoms with Crippen LogP contribution in [0.15, 0.2) is 77.7 Å². The van der Waals surface area contributed by atoms with Crippen LogP contribution in [0.4, 0.5) is 5.69 Å². The molecule has 142 valence electrons. The number of likely N-dealkylation sites (N-methyl/N-ethyl adjacent to an activating group) is 1. The number of fused-ring (bicyclic) bond motifs is 1. The van der Waals surface area contributed by atoms with Crippen molar-refractivity contribution in [1.29, 1.82) is 5.26 Å². The Morgan fingerprint density at radius 1 is 1.24 bits per heavy atom. The van der Waals surface area contributed by atoms with Gasteiger partial charge in [-0.2, -0.15) is 0 Å². The first kappa shape index (κ1) is 18.6. The minimum atomic E-state index is -0.213. The number of benzene rings is 2. The maximum absolute atomic E-state index is 9.33. The Labute approximate surface area is 171 Å². The Balaban J connectivity index is 1.64. The van der Waals surface area contributed by atoms with Crippen LogP contribution in [0.2, 0.25) is 0 Å². The van der Waals surface area contributed by atoms with Gasteiger partial charge in [0.05, 0.1) is 12.6 Å². The van der Waals surface area contributed by atoms with Gasteiger partial charge in [-0.1, -0.05) is 42.5 Å². The lowest BCUT2D eigenvalue weighted by Crippen LogP contribution is -2.12. The molecule has 4 heteroatoms. The Hall–Kier alpha value is -3.76. The predicted molar refractivity (Wildman–Crippen MR) is 115 cm³/mol. The van der Waals surface area contributed by atoms with E-state index < -0.39 is 0 Å². The van der Waals surface area contributed by atoms with Crippen molar-refractivity contribution in [1.82, 2.24) is 0 Å². The van der Waals surface area contributed by atoms with Crippen LogP contribution in [0, 0.1) is 17.9 Å². The molecule has 29 heavy (non-hydrogen) atoms. The molecule has 0 saturated carbocycles. The van der Waals surface area contributed by atoms with Crippen LogP contribution >= 0.6 is 0 Å². The molecule has 2 aromatic carbocycles. The van der Waals surface area contributed by atoms with Crippen LogP contribution in [-0.2, 0) is 11.2 Å². The molecule has 0 spiro atoms. The summed E-state index contributed by atoms with van der Waals surface area (Å²) >= 11 is 0. The van der Waals surface area contributed by atoms with Gasteiger partial charge >= 0.3 is 0 Å². The van der Waals surface area contributed by atoms with Gasteiger partial charge in [0, 0.05) is 25.7 Å². The zero-order chi connectivity index (χ0) is 20.2. The fraction of sp³-hybridized carbons (Fsp3) is 0.200. The molecule has 2 aliphatic heterocycles. The van der Waals surface area contributed by atoms with E-state index in [2.05, 4.69) is 35.0 Å². The fourth-order valence-corrected chi connectivity index (χ4v) is 3.81. The SMILES string of the molecule is [C-]#[N+]/C(C#N)=C1C=C(/C=C/c2ccc3c(c2)CCN3C)OC(c2ccccc2)C/1. The second kappa shape index (κ2) is 8.09. The largest absolute Gasteiger partial charge is 0.485 e. The molecule has 0 saturated heterocycles. The average Bonchev–Trinajstić information content (AvgIpc) is 3.14. The molecule has 2 heterocycles. The van der Waals surface area contributed by atoms with E-state index in [1.807, 2.05) is 54.6 Å². The van der Waals surface area contributed by atoms with E-state index in [9.17, 15) is 5.26 Å². The quantitative estimate of drug-likeness (QED) is 0.527. The molecule has 0 radical (unpaired) electrons. The minimum Gasteiger partial charge on any atom is -0.485 e. The minimum absolute atomic E-state index is 0.126. The summed E-state index contributed by atoms with van der Waals surface area (Å²) in [4.78, 5) is 5.67. The second-order valence-electron chi connectivity index (χ2n) is 7.26. The van der Waals surface area contributed by atoms with Crippen molar-refractivity contribution >= 4 is 11.8 Å². The van der Waals surface area contributed by atoms with Crippen LogP contribution < -0.4 is 4.90 Å². The number of nitriles is 1. The maximum Gasteiger partial charge on any atom is 0.265 e. The smallest absolute Gasteiger partial charge is 0.265 e. The lowest BCUT2D eigenvalue weighted by molar-refractivity contribution is 0.118. The highest BCUT2D eigenvalue weighted by atomic mass is 16.5. The first-order chi connectivity index (χ1) is 14.2. The van der Waals surface area contributed by atoms with E-state index in [0.717, 1.165) is 29.7 Å². The summed E-state index contributed by atoms with van der Waals surface area (Å²) < 4.78 is 6.19. The standard InChI is InChI=1S/C25H21N3O/c1-27-23(17-26)21-15-22(29-25(16-21)19-6-4-3-5-7-19)10-8-18-9-11-24-20(14-18)12-13-28(24)2/h3-11,14-15,25H,12-13,16H2,2H3/b10-8+,23-21-. The third-order valence-electron chi connectivity index (χ3n) is 5.36. The van der Waals surface area contributed by atoms with Gasteiger partial charge in [0.25, 0.3) is 5.70 Å². The zero-order valence-electron chi connectivity index (χ0n) is 16.3. The third-order valence-corrected chi connectivity index (χ3v) is 5.36. The molecule has 0 N–H and O–H groups in total. The van der Waals surface area contributed by atoms with Crippen LogP contribution in [0.1, 0.15) is 29.2 Å². The van der Waals surface area contributed by atoms with Gasteiger partial charge in [-0.05, 0) is 53.0 Å². The average molecular weight is 379 g/mol. The maximum atomic E-state index is 9.33. The molecule has 0 aromatic heterocycles. The first-order valence-corrected chi connectivity index (χ1v) is 9.64. The van der Waals surface area contributed by atoms with Gasteiger partial charge in [-0.15, -0.1) is 0 Å². The number of ether oxygens (including phenoxy) is 1. The van der Waals surface area contributed by atoms with E-state index in [1.165, 1.54) is 11.3 Å². The molecule has 2 aliphatic rings. The molecular weight excluding hydrogens is 358 g/mol. The van der Waals surface area contributed by atoms with Gasteiger partial charge < -0.3 is 9.64 Å². The van der Waals surface area contributed by atoms with Gasteiger partial charge in [-0.3, -0.25) is 0 Å². The molecule has 0 bridgehead atoms. The summed E-state index contributed by atoms with van der Waals surface area (Å²) in [7, 11) is 2.11. The van der Waals surface area contributed by atoms with E-state index >= 15 is 0 Å². The lowest BCUT2D eigenvalue weighted by atomic mass is 9.97. The van der Waals surface area contributed by atoms with Crippen molar-refractivity contribution in [3.63, 3.8) is 0 Å². The fourth-order valence-electron chi connectivity index (χ4n) is 3.81. The van der Waals surface area contributed by atoms with E-state index in [0.29, 0.717) is 12.2 Å². The number of rotatable bonds is 3. The summed E-state index contributed by atoms with van der Waals surface area (Å²) in [5.41, 5.74) is 5.64. The summed E-state index contributed by atoms with van der Waals surface area (Å²) in [5, 5.41) is 9.33. The number of nitrogens with zero attached hydrogens (tertiary/aromatic N) is 3. The summed E-state index contributed by atoms with van der Waals surface area (Å²) in [6.45, 7) is 8.36. The molecule has 0 fully saturated rings. The van der Waals surface area contributed by atoms with Crippen molar-refractivity contribution in [2.45, 2.75) is 18.9 Å². The third kappa shape index (κ3) is 3.93. The van der Waals surface area contributed by atoms with Crippen molar-refractivity contribution in [3.05, 3.63) is 106 Å². The topological polar surface area (TPSA) is 40.6 Å². The summed E-state index contributed by atoms with van der Waals surface area (Å²) in [6, 6.07) is 18.4. The van der Waals surface area contributed by atoms with Gasteiger partial charge in [0.2, 0.25) is 0 Å². The molecule has 2 aromatic rings. The van der Waals surface area contributed by atoms with Crippen LogP contribution in [-0.4, -0.2) is 13.6 Å². The molecule has 4 nitrogen and oxygen atoms in total. The predicted octanol–water partition coefficient (Wildman–Crippen LogP) is 5.43. The molecule has 1 unspecified atom stereocenters. The first-order valence-electron chi connectivity index (χ1n) is 9.64. The molecule has 0 aliphatic carbocycles. The van der Waals surface area contributed by atoms with Gasteiger partial charge in [-0.25, -0.2) is 10.1 Å². The van der Waals surface area contributed by atoms with Crippen molar-refractivity contribution in [3.8, 4) is 6.07 Å². The van der Waals surface area contributed by atoms with Crippen LogP contribution in [0.5, 0.6) is 0 Å². The van der Waals surface area contributed by atoms with Crippen molar-refractivity contribution < 1.29 is 4.74 Å². The van der Waals surface area contributed by atoms with Crippen molar-refractivity contribution in [2.75, 3.05) is 18.5 Å². The second-order valence-corrected chi connectivity index (χ2v) is 7.26. The lowest BCUT2D eigenvalue weighted by Gasteiger charge is -2.25. The zero-order valence-corrected chi connectivity index (χ0v) is 16.3. The number of allylic oxidation sites excluding steroid dienone is 3. The highest BCUT2D eigenvalue weighted by Crippen LogP contribution is 2.35. The Kier molecular flexibility index (Phi) is 5.18. The van der Waals surface area contributed by atoms with E-state index in [1.54, 1.807) is 0 Å². The number of hydrogen-bond donors (Lipinski definition) is 0. The van der Waals surface area contributed by atoms with Gasteiger partial charge in [0.15, 0.2) is 0 Å². The van der Waals surface area contributed by atoms with Crippen LogP contribution in [0.25, 0.3) is 10.9 Å².